The maximum Gasteiger partial charge on any atom is 0.359 e. The number of rotatable bonds is 21. The summed E-state index contributed by atoms with van der Waals surface area (Å²) in [4.78, 5) is 43.4. The molecule has 0 N–H and O–H groups in total. The third-order valence-corrected chi connectivity index (χ3v) is 12.2. The molecular weight excluding hydrogens is 936 g/mol. The van der Waals surface area contributed by atoms with Gasteiger partial charge in [-0.1, -0.05) is 121 Å². The number of benzene rings is 1. The van der Waals surface area contributed by atoms with Crippen LogP contribution in [-0.4, -0.2) is 113 Å². The van der Waals surface area contributed by atoms with Crippen molar-refractivity contribution >= 4 is 75.3 Å². The summed E-state index contributed by atoms with van der Waals surface area (Å²) in [5.41, 5.74) is 8.09. The molecule has 0 saturated carbocycles. The van der Waals surface area contributed by atoms with Gasteiger partial charge >= 0.3 is 17.9 Å². The fourth-order valence-corrected chi connectivity index (χ4v) is 7.69. The summed E-state index contributed by atoms with van der Waals surface area (Å²) >= 11 is 20.0. The van der Waals surface area contributed by atoms with Crippen LogP contribution in [0.25, 0.3) is 10.4 Å². The highest BCUT2D eigenvalue weighted by Gasteiger charge is 2.59. The van der Waals surface area contributed by atoms with E-state index in [0.717, 1.165) is 19.3 Å². The lowest BCUT2D eigenvalue weighted by Crippen LogP contribution is -2.66. The summed E-state index contributed by atoms with van der Waals surface area (Å²) in [5, 5.41) is 4.13. The number of unbranched alkanes of at least 4 members (excludes halogenated alkanes) is 2. The minimum atomic E-state index is -2.40. The predicted octanol–water partition coefficient (Wildman–Crippen LogP) is 8.61. The molecule has 2 fully saturated rings. The van der Waals surface area contributed by atoms with E-state index in [1.165, 1.54) is 7.11 Å². The van der Waals surface area contributed by atoms with Gasteiger partial charge in [0.05, 0.1) is 46.9 Å². The minimum Gasteiger partial charge on any atom is -0.467 e. The van der Waals surface area contributed by atoms with Crippen molar-refractivity contribution in [2.45, 2.75) is 155 Å². The SMILES string of the molecule is CCCCOCC1O[C@H](O[C@H]2C(I)C(OC(=O)c3ccccc3)[C@H](OC(C)(C)CC)O[C@H]2C(=O)OC)[C@@H](N=[N+]=[N-])C(OCCCC)[C@@H]1C(C)(CC)OC(=O)C(Cl)(Cl)Cl. The standard InChI is InChI=1S/C39H57Cl3IN3O12/c1-9-13-20-51-22-24-25(38(7,12-4)58-36(49)39(40,41)42)28(52-21-14-10-2)27(45-46-44)34(53-24)55-29-26(43)30(54-32(47)23-18-16-15-17-19-23)35(57-37(5,6)11-3)56-31(29)33(48)50-8/h15-19,24-31,34-35H,9-14,20-22H2,1-8H3/t24?,25-,26?,27+,28?,29+,30?,31-,34-,35+,38?/m1/s1. The lowest BCUT2D eigenvalue weighted by atomic mass is 9.74. The van der Waals surface area contributed by atoms with Crippen molar-refractivity contribution in [3.05, 3.63) is 46.3 Å². The van der Waals surface area contributed by atoms with Crippen molar-refractivity contribution < 1.29 is 57.0 Å². The number of esters is 3. The second-order valence-electron chi connectivity index (χ2n) is 14.9. The molecule has 2 aliphatic heterocycles. The van der Waals surface area contributed by atoms with E-state index in [-0.39, 0.29) is 25.2 Å². The molecule has 0 bridgehead atoms. The molecule has 1 aromatic rings. The number of carbonyl (C=O) groups is 3. The van der Waals surface area contributed by atoms with E-state index in [2.05, 4.69) is 10.0 Å². The van der Waals surface area contributed by atoms with Gasteiger partial charge in [0.1, 0.15) is 17.7 Å². The van der Waals surface area contributed by atoms with E-state index in [1.807, 2.05) is 57.2 Å². The Balaban J connectivity index is 2.18. The summed E-state index contributed by atoms with van der Waals surface area (Å²) in [5.74, 6) is -3.45. The smallest absolute Gasteiger partial charge is 0.359 e. The van der Waals surface area contributed by atoms with Crippen molar-refractivity contribution in [2.24, 2.45) is 11.0 Å². The van der Waals surface area contributed by atoms with Crippen molar-refractivity contribution in [2.75, 3.05) is 26.9 Å². The fourth-order valence-electron chi connectivity index (χ4n) is 6.54. The molecule has 328 valence electrons. The Labute approximate surface area is 369 Å². The molecule has 2 aliphatic rings. The molecule has 3 rings (SSSR count). The number of alkyl halides is 4. The Hall–Kier alpha value is -1.70. The van der Waals surface area contributed by atoms with Crippen molar-refractivity contribution in [3.8, 4) is 0 Å². The van der Waals surface area contributed by atoms with Crippen molar-refractivity contribution in [3.63, 3.8) is 0 Å². The van der Waals surface area contributed by atoms with Gasteiger partial charge in [-0.15, -0.1) is 0 Å². The number of azide groups is 1. The van der Waals surface area contributed by atoms with Gasteiger partial charge in [-0.25, -0.2) is 14.4 Å². The summed E-state index contributed by atoms with van der Waals surface area (Å²) < 4.78 is 52.7. The van der Waals surface area contributed by atoms with Crippen LogP contribution in [0, 0.1) is 5.92 Å². The number of halogens is 4. The Bertz CT molecular complexity index is 1520. The van der Waals surface area contributed by atoms with Crippen LogP contribution in [0.2, 0.25) is 0 Å². The Morgan fingerprint density at radius 1 is 0.914 bits per heavy atom. The van der Waals surface area contributed by atoms with Crippen LogP contribution in [0.3, 0.4) is 0 Å². The van der Waals surface area contributed by atoms with Gasteiger partial charge in [-0.3, -0.25) is 0 Å². The number of hydrogen-bond donors (Lipinski definition) is 0. The zero-order valence-corrected chi connectivity index (χ0v) is 38.7. The molecule has 15 nitrogen and oxygen atoms in total. The van der Waals surface area contributed by atoms with Crippen LogP contribution in [0.1, 0.15) is 97.3 Å². The van der Waals surface area contributed by atoms with Crippen LogP contribution in [0.15, 0.2) is 35.4 Å². The molecule has 0 radical (unpaired) electrons. The van der Waals surface area contributed by atoms with Crippen LogP contribution in [0.4, 0.5) is 0 Å². The zero-order valence-electron chi connectivity index (χ0n) is 34.3. The van der Waals surface area contributed by atoms with E-state index in [4.69, 9.17) is 77.4 Å². The van der Waals surface area contributed by atoms with Crippen molar-refractivity contribution in [1.82, 2.24) is 0 Å². The van der Waals surface area contributed by atoms with Gasteiger partial charge in [-0.05, 0) is 64.1 Å². The maximum absolute atomic E-state index is 13.6. The zero-order chi connectivity index (χ0) is 43.3. The van der Waals surface area contributed by atoms with Crippen LogP contribution in [0.5, 0.6) is 0 Å². The summed E-state index contributed by atoms with van der Waals surface area (Å²) in [7, 11) is 1.20. The number of hydrogen-bond acceptors (Lipinski definition) is 13. The normalized spacial score (nSPS) is 28.8. The third kappa shape index (κ3) is 13.7. The molecule has 5 unspecified atom stereocenters. The first-order valence-electron chi connectivity index (χ1n) is 19.6. The summed E-state index contributed by atoms with van der Waals surface area (Å²) in [6.07, 6.45) is -4.67. The molecule has 1 aromatic carbocycles. The molecule has 11 atom stereocenters. The molecular formula is C39H57Cl3IN3O12. The highest BCUT2D eigenvalue weighted by molar-refractivity contribution is 14.1. The topological polar surface area (TPSA) is 183 Å². The first-order valence-corrected chi connectivity index (χ1v) is 21.9. The molecule has 19 heteroatoms. The Kier molecular flexibility index (Phi) is 20.5. The Morgan fingerprint density at radius 2 is 1.57 bits per heavy atom. The second-order valence-corrected chi connectivity index (χ2v) is 18.6. The van der Waals surface area contributed by atoms with E-state index >= 15 is 0 Å². The van der Waals surface area contributed by atoms with Gasteiger partial charge in [0.2, 0.25) is 0 Å². The van der Waals surface area contributed by atoms with E-state index in [9.17, 15) is 19.9 Å². The molecule has 2 heterocycles. The number of carbonyl (C=O) groups excluding carboxylic acids is 3. The quantitative estimate of drug-likeness (QED) is 0.0167. The predicted molar refractivity (Wildman–Crippen MR) is 225 cm³/mol. The third-order valence-electron chi connectivity index (χ3n) is 10.3. The minimum absolute atomic E-state index is 0.0311. The Morgan fingerprint density at radius 3 is 2.14 bits per heavy atom. The lowest BCUT2D eigenvalue weighted by molar-refractivity contribution is -0.330. The number of nitrogens with zero attached hydrogens (tertiary/aromatic N) is 3. The van der Waals surface area contributed by atoms with Gasteiger partial charge in [0.15, 0.2) is 24.8 Å². The van der Waals surface area contributed by atoms with E-state index in [0.29, 0.717) is 19.4 Å². The highest BCUT2D eigenvalue weighted by atomic mass is 127. The van der Waals surface area contributed by atoms with Gasteiger partial charge < -0.3 is 42.6 Å². The lowest BCUT2D eigenvalue weighted by Gasteiger charge is -2.52. The van der Waals surface area contributed by atoms with Crippen LogP contribution >= 0.6 is 57.4 Å². The van der Waals surface area contributed by atoms with Gasteiger partial charge in [-0.2, -0.15) is 0 Å². The van der Waals surface area contributed by atoms with Crippen LogP contribution in [-0.2, 0) is 52.2 Å². The average molecular weight is 993 g/mol. The second kappa shape index (κ2) is 23.5. The molecule has 58 heavy (non-hydrogen) atoms. The highest BCUT2D eigenvalue weighted by Crippen LogP contribution is 2.45. The largest absolute Gasteiger partial charge is 0.467 e. The summed E-state index contributed by atoms with van der Waals surface area (Å²) in [6, 6.07) is 7.14. The molecule has 2 saturated heterocycles. The first-order chi connectivity index (χ1) is 27.4. The number of ether oxygens (including phenoxy) is 9. The van der Waals surface area contributed by atoms with E-state index < -0.39 is 91.9 Å². The van der Waals surface area contributed by atoms with E-state index in [1.54, 1.807) is 44.2 Å². The average Bonchev–Trinajstić information content (AvgIpc) is 3.19. The van der Waals surface area contributed by atoms with Crippen molar-refractivity contribution in [1.29, 1.82) is 0 Å². The molecule has 0 spiro atoms. The van der Waals surface area contributed by atoms with Crippen LogP contribution < -0.4 is 0 Å². The molecule has 0 aliphatic carbocycles. The fraction of sp³-hybridized carbons (Fsp3) is 0.769. The number of methoxy groups -OCH3 is 1. The molecule has 0 aromatic heterocycles. The first kappa shape index (κ1) is 50.7. The summed E-state index contributed by atoms with van der Waals surface area (Å²) in [6.45, 7) is 13.6. The van der Waals surface area contributed by atoms with Gasteiger partial charge in [0.25, 0.3) is 3.79 Å². The maximum atomic E-state index is 13.6. The van der Waals surface area contributed by atoms with Gasteiger partial charge in [0, 0.05) is 18.1 Å². The monoisotopic (exact) mass is 991 g/mol. The molecule has 0 amide bonds.